The highest BCUT2D eigenvalue weighted by Gasteiger charge is 2.79. The molecule has 0 N–H and O–H groups in total. The third-order valence-electron chi connectivity index (χ3n) is 2.89. The van der Waals surface area contributed by atoms with Gasteiger partial charge in [-0.2, -0.15) is 5.26 Å². The third-order valence-corrected chi connectivity index (χ3v) is 5.18. The van der Waals surface area contributed by atoms with Crippen molar-refractivity contribution in [3.63, 3.8) is 0 Å². The monoisotopic (exact) mass is 283 g/mol. The lowest BCUT2D eigenvalue weighted by molar-refractivity contribution is 0.0963. The summed E-state index contributed by atoms with van der Waals surface area (Å²) >= 11 is 5.36. The van der Waals surface area contributed by atoms with Gasteiger partial charge in [-0.15, -0.1) is 11.6 Å². The quantitative estimate of drug-likeness (QED) is 0.544. The second-order valence-corrected chi connectivity index (χ2v) is 7.15. The van der Waals surface area contributed by atoms with Crippen molar-refractivity contribution in [2.75, 3.05) is 0 Å². The van der Waals surface area contributed by atoms with E-state index in [1.807, 2.05) is 0 Å². The summed E-state index contributed by atoms with van der Waals surface area (Å²) in [6.45, 7) is 0. The van der Waals surface area contributed by atoms with E-state index in [1.165, 1.54) is 0 Å². The van der Waals surface area contributed by atoms with E-state index in [-0.39, 0.29) is 6.42 Å². The van der Waals surface area contributed by atoms with Crippen molar-refractivity contribution >= 4 is 21.8 Å². The van der Waals surface area contributed by atoms with Crippen LogP contribution in [0.4, 0.5) is 19.4 Å². The fourth-order valence-corrected chi connectivity index (χ4v) is 4.58. The van der Waals surface area contributed by atoms with Gasteiger partial charge in [0.05, 0.1) is 29.6 Å². The number of hydrogen-bond donors (Lipinski definition) is 0. The maximum absolute atomic E-state index is 12.7. The average Bonchev–Trinajstić information content (AvgIpc) is 2.55. The summed E-state index contributed by atoms with van der Waals surface area (Å²) in [5.41, 5.74) is 0. The number of ether oxygens (including phenoxy) is 1. The van der Waals surface area contributed by atoms with Gasteiger partial charge in [0.25, 0.3) is 10.2 Å². The summed E-state index contributed by atoms with van der Waals surface area (Å²) in [5, 5.41) is 3.74. The Balaban J connectivity index is 2.42. The molecule has 2 saturated heterocycles. The molecule has 2 aliphatic rings. The second-order valence-electron chi connectivity index (χ2n) is 4.05. The molecule has 2 nitrogen and oxygen atoms in total. The van der Waals surface area contributed by atoms with Crippen molar-refractivity contribution in [1.82, 2.24) is 0 Å². The number of halogens is 6. The Bertz CT molecular complexity index is 377. The average molecular weight is 284 g/mol. The molecule has 5 atom stereocenters. The predicted octanol–water partition coefficient (Wildman–Crippen LogP) is 3.57. The summed E-state index contributed by atoms with van der Waals surface area (Å²) in [6.07, 6.45) is -2.95. The first kappa shape index (κ1) is 12.2. The number of fused-ring (bicyclic) bond motifs is 2. The standard InChI is InChI=1S/C7H7ClF5NOS/c8-5-4-1-3(2-14)6(15-4)7(5)16(9,10,11,12)13/h3-7H,1H2/t3-,4-,5+,6+,7-/m1/s1. The molecular formula is C7H7ClF5NOS. The van der Waals surface area contributed by atoms with E-state index in [9.17, 15) is 19.4 Å². The zero-order chi connectivity index (χ0) is 12.4. The molecule has 16 heavy (non-hydrogen) atoms. The van der Waals surface area contributed by atoms with Crippen LogP contribution in [-0.4, -0.2) is 22.8 Å². The Morgan fingerprint density at radius 3 is 2.19 bits per heavy atom. The Kier molecular flexibility index (Phi) is 1.98. The molecule has 2 rings (SSSR count). The van der Waals surface area contributed by atoms with Crippen LogP contribution in [-0.2, 0) is 4.74 Å². The molecule has 0 aromatic carbocycles. The third kappa shape index (κ3) is 1.75. The lowest BCUT2D eigenvalue weighted by Crippen LogP contribution is -2.45. The minimum atomic E-state index is -9.72. The number of nitrogens with zero attached hydrogens (tertiary/aromatic N) is 1. The van der Waals surface area contributed by atoms with Gasteiger partial charge in [0, 0.05) is 0 Å². The molecule has 0 aromatic rings. The SMILES string of the molecule is N#C[C@H]1C[C@H]2O[C@@H]1[C@H](S(F)(F)(F)(F)F)[C@H]2Cl. The van der Waals surface area contributed by atoms with Crippen LogP contribution in [0.2, 0.25) is 0 Å². The highest BCUT2D eigenvalue weighted by molar-refractivity contribution is 8.46. The summed E-state index contributed by atoms with van der Waals surface area (Å²) < 4.78 is 68.1. The van der Waals surface area contributed by atoms with Crippen LogP contribution in [0.5, 0.6) is 0 Å². The minimum absolute atomic E-state index is 0.0142. The van der Waals surface area contributed by atoms with Crippen LogP contribution < -0.4 is 0 Å². The van der Waals surface area contributed by atoms with Crippen LogP contribution in [0.25, 0.3) is 0 Å². The van der Waals surface area contributed by atoms with Gasteiger partial charge in [-0.1, -0.05) is 19.4 Å². The highest BCUT2D eigenvalue weighted by Crippen LogP contribution is 3.02. The van der Waals surface area contributed by atoms with Crippen molar-refractivity contribution in [3.8, 4) is 6.07 Å². The normalized spacial score (nSPS) is 47.2. The van der Waals surface area contributed by atoms with Gasteiger partial charge in [0.15, 0.2) is 0 Å². The van der Waals surface area contributed by atoms with E-state index in [4.69, 9.17) is 21.6 Å². The zero-order valence-corrected chi connectivity index (χ0v) is 9.20. The summed E-state index contributed by atoms with van der Waals surface area (Å²) in [7, 11) is -9.72. The lowest BCUT2D eigenvalue weighted by Gasteiger charge is -2.49. The molecule has 0 radical (unpaired) electrons. The van der Waals surface area contributed by atoms with Gasteiger partial charge in [0.2, 0.25) is 0 Å². The molecule has 2 bridgehead atoms. The summed E-state index contributed by atoms with van der Waals surface area (Å²) in [4.78, 5) is 0. The van der Waals surface area contributed by atoms with E-state index in [2.05, 4.69) is 0 Å². The molecule has 0 amide bonds. The van der Waals surface area contributed by atoms with E-state index < -0.39 is 39.0 Å². The molecule has 0 aliphatic carbocycles. The largest absolute Gasteiger partial charge is 0.370 e. The highest BCUT2D eigenvalue weighted by atomic mass is 35.5. The van der Waals surface area contributed by atoms with E-state index >= 15 is 0 Å². The molecule has 0 aromatic heterocycles. The van der Waals surface area contributed by atoms with Crippen LogP contribution >= 0.6 is 21.8 Å². The Morgan fingerprint density at radius 2 is 1.81 bits per heavy atom. The minimum Gasteiger partial charge on any atom is -0.370 e. The molecule has 0 saturated carbocycles. The number of rotatable bonds is 1. The Labute approximate surface area is 93.0 Å². The summed E-state index contributed by atoms with van der Waals surface area (Å²) in [5.74, 6) is -1.16. The molecular weight excluding hydrogens is 277 g/mol. The van der Waals surface area contributed by atoms with E-state index in [1.54, 1.807) is 6.07 Å². The molecule has 0 unspecified atom stereocenters. The maximum Gasteiger partial charge on any atom is 0.292 e. The topological polar surface area (TPSA) is 33.0 Å². The predicted molar refractivity (Wildman–Crippen MR) is 48.9 cm³/mol. The van der Waals surface area contributed by atoms with E-state index in [0.717, 1.165) is 0 Å². The molecule has 0 spiro atoms. The van der Waals surface area contributed by atoms with Crippen molar-refractivity contribution in [1.29, 1.82) is 5.26 Å². The lowest BCUT2D eigenvalue weighted by atomic mass is 9.90. The molecule has 9 heteroatoms. The van der Waals surface area contributed by atoms with E-state index in [0.29, 0.717) is 0 Å². The smallest absolute Gasteiger partial charge is 0.292 e. The fourth-order valence-electron chi connectivity index (χ4n) is 2.27. The Morgan fingerprint density at radius 1 is 1.25 bits per heavy atom. The van der Waals surface area contributed by atoms with Gasteiger partial charge in [-0.25, -0.2) is 0 Å². The summed E-state index contributed by atoms with van der Waals surface area (Å²) in [6, 6.07) is 1.55. The van der Waals surface area contributed by atoms with Gasteiger partial charge >= 0.3 is 0 Å². The van der Waals surface area contributed by atoms with Crippen molar-refractivity contribution in [3.05, 3.63) is 0 Å². The first-order valence-corrected chi connectivity index (χ1v) is 6.81. The molecule has 94 valence electrons. The first-order chi connectivity index (χ1) is 6.94. The second kappa shape index (κ2) is 2.60. The van der Waals surface area contributed by atoms with Gasteiger partial charge in [-0.3, -0.25) is 0 Å². The van der Waals surface area contributed by atoms with Gasteiger partial charge < -0.3 is 4.74 Å². The van der Waals surface area contributed by atoms with Crippen molar-refractivity contribution in [2.24, 2.45) is 5.92 Å². The number of nitriles is 1. The number of alkyl halides is 1. The Hall–Kier alpha value is -0.260. The van der Waals surface area contributed by atoms with Gasteiger partial charge in [0.1, 0.15) is 5.25 Å². The van der Waals surface area contributed by atoms with Gasteiger partial charge in [-0.05, 0) is 6.42 Å². The van der Waals surface area contributed by atoms with Crippen LogP contribution in [0.15, 0.2) is 0 Å². The molecule has 2 heterocycles. The first-order valence-electron chi connectivity index (χ1n) is 4.36. The van der Waals surface area contributed by atoms with Crippen molar-refractivity contribution < 1.29 is 24.2 Å². The fraction of sp³-hybridized carbons (Fsp3) is 0.857. The maximum atomic E-state index is 12.7. The molecule has 2 aliphatic heterocycles. The van der Waals surface area contributed by atoms with Crippen molar-refractivity contribution in [2.45, 2.75) is 29.3 Å². The van der Waals surface area contributed by atoms with Crippen LogP contribution in [0, 0.1) is 17.2 Å². The number of hydrogen-bond acceptors (Lipinski definition) is 2. The zero-order valence-electron chi connectivity index (χ0n) is 7.63. The molecule has 2 fully saturated rings. The van der Waals surface area contributed by atoms with Crippen LogP contribution in [0.1, 0.15) is 6.42 Å². The van der Waals surface area contributed by atoms with Crippen LogP contribution in [0.3, 0.4) is 0 Å².